The summed E-state index contributed by atoms with van der Waals surface area (Å²) in [5.74, 6) is 0.0646. The molecule has 1 fully saturated rings. The fourth-order valence-corrected chi connectivity index (χ4v) is 3.48. The van der Waals surface area contributed by atoms with Gasteiger partial charge in [0, 0.05) is 49.6 Å². The molecule has 1 aliphatic heterocycles. The van der Waals surface area contributed by atoms with E-state index in [1.54, 1.807) is 29.2 Å². The molecule has 0 saturated carbocycles. The average molecular weight is 478 g/mol. The first-order chi connectivity index (χ1) is 16.2. The van der Waals surface area contributed by atoms with Crippen LogP contribution in [0.1, 0.15) is 11.1 Å². The molecule has 7 nitrogen and oxygen atoms in total. The summed E-state index contributed by atoms with van der Waals surface area (Å²) in [6.45, 7) is 0.944. The number of esters is 1. The van der Waals surface area contributed by atoms with E-state index in [4.69, 9.17) is 14.2 Å². The van der Waals surface area contributed by atoms with Gasteiger partial charge in [-0.15, -0.1) is 0 Å². The van der Waals surface area contributed by atoms with Crippen LogP contribution in [0.15, 0.2) is 48.5 Å². The lowest BCUT2D eigenvalue weighted by Crippen LogP contribution is -2.49. The van der Waals surface area contributed by atoms with Crippen molar-refractivity contribution < 1.29 is 37.0 Å². The van der Waals surface area contributed by atoms with Crippen molar-refractivity contribution in [2.75, 3.05) is 51.9 Å². The summed E-state index contributed by atoms with van der Waals surface area (Å²) in [5.41, 5.74) is 0.375. The highest BCUT2D eigenvalue weighted by molar-refractivity contribution is 5.89. The molecule has 0 aromatic heterocycles. The van der Waals surface area contributed by atoms with Gasteiger partial charge in [0.25, 0.3) is 5.91 Å². The lowest BCUT2D eigenvalue weighted by Gasteiger charge is -2.36. The smallest absolute Gasteiger partial charge is 0.416 e. The predicted molar refractivity (Wildman–Crippen MR) is 120 cm³/mol. The Morgan fingerprint density at radius 3 is 2.38 bits per heavy atom. The Morgan fingerprint density at radius 2 is 1.74 bits per heavy atom. The van der Waals surface area contributed by atoms with Crippen LogP contribution in [0.3, 0.4) is 0 Å². The van der Waals surface area contributed by atoms with Crippen LogP contribution in [0.4, 0.5) is 18.9 Å². The first-order valence-corrected chi connectivity index (χ1v) is 10.5. The van der Waals surface area contributed by atoms with Gasteiger partial charge in [0.1, 0.15) is 11.5 Å². The zero-order chi connectivity index (χ0) is 24.7. The zero-order valence-corrected chi connectivity index (χ0v) is 18.8. The number of rotatable bonds is 7. The van der Waals surface area contributed by atoms with Crippen LogP contribution in [0.25, 0.3) is 6.08 Å². The third-order valence-electron chi connectivity index (χ3n) is 5.35. The Hall–Kier alpha value is -3.69. The molecule has 1 aliphatic rings. The molecule has 0 spiro atoms. The van der Waals surface area contributed by atoms with E-state index in [1.165, 1.54) is 37.3 Å². The topological polar surface area (TPSA) is 68.3 Å². The van der Waals surface area contributed by atoms with Gasteiger partial charge in [-0.05, 0) is 36.4 Å². The second-order valence-electron chi connectivity index (χ2n) is 7.46. The summed E-state index contributed by atoms with van der Waals surface area (Å²) in [4.78, 5) is 27.7. The Labute approximate surface area is 195 Å². The fraction of sp³-hybridized carbons (Fsp3) is 0.333. The molecular weight excluding hydrogens is 453 g/mol. The highest BCUT2D eigenvalue weighted by Crippen LogP contribution is 2.32. The van der Waals surface area contributed by atoms with Crippen molar-refractivity contribution in [1.82, 2.24) is 4.90 Å². The Balaban J connectivity index is 1.48. The SMILES string of the molecule is COc1ccc(/C=C/C(=O)OCC(=O)N2CCN(c3cccc(C(F)(F)F)c3)CC2)c(OC)c1. The van der Waals surface area contributed by atoms with Gasteiger partial charge in [-0.3, -0.25) is 4.79 Å². The van der Waals surface area contributed by atoms with Crippen LogP contribution >= 0.6 is 0 Å². The zero-order valence-electron chi connectivity index (χ0n) is 18.8. The number of benzene rings is 2. The normalized spacial score (nSPS) is 14.3. The number of carbonyl (C=O) groups is 2. The summed E-state index contributed by atoms with van der Waals surface area (Å²) in [5, 5.41) is 0. The van der Waals surface area contributed by atoms with Gasteiger partial charge in [-0.2, -0.15) is 13.2 Å². The lowest BCUT2D eigenvalue weighted by atomic mass is 10.1. The van der Waals surface area contributed by atoms with Crippen LogP contribution in [0.5, 0.6) is 11.5 Å². The summed E-state index contributed by atoms with van der Waals surface area (Å²) < 4.78 is 54.3. The summed E-state index contributed by atoms with van der Waals surface area (Å²) >= 11 is 0. The molecule has 2 aromatic rings. The molecule has 10 heteroatoms. The number of halogens is 3. The second-order valence-corrected chi connectivity index (χ2v) is 7.46. The fourth-order valence-electron chi connectivity index (χ4n) is 3.48. The van der Waals surface area contributed by atoms with Crippen molar-refractivity contribution in [3.05, 3.63) is 59.7 Å². The van der Waals surface area contributed by atoms with Gasteiger partial charge >= 0.3 is 12.1 Å². The molecule has 0 bridgehead atoms. The van der Waals surface area contributed by atoms with E-state index in [0.29, 0.717) is 48.9 Å². The molecule has 1 heterocycles. The summed E-state index contributed by atoms with van der Waals surface area (Å²) in [6.07, 6.45) is -1.70. The number of ether oxygens (including phenoxy) is 3. The molecule has 0 atom stereocenters. The van der Waals surface area contributed by atoms with Crippen LogP contribution in [0, 0.1) is 0 Å². The van der Waals surface area contributed by atoms with Crippen molar-refractivity contribution in [2.45, 2.75) is 6.18 Å². The molecule has 0 N–H and O–H groups in total. The maximum atomic E-state index is 12.9. The van der Waals surface area contributed by atoms with Crippen LogP contribution in [0.2, 0.25) is 0 Å². The van der Waals surface area contributed by atoms with E-state index in [1.807, 2.05) is 0 Å². The number of hydrogen-bond acceptors (Lipinski definition) is 6. The van der Waals surface area contributed by atoms with Crippen LogP contribution in [-0.4, -0.2) is 63.8 Å². The van der Waals surface area contributed by atoms with E-state index in [0.717, 1.165) is 12.1 Å². The highest BCUT2D eigenvalue weighted by atomic mass is 19.4. The lowest BCUT2D eigenvalue weighted by molar-refractivity contribution is -0.148. The molecule has 0 unspecified atom stereocenters. The first-order valence-electron chi connectivity index (χ1n) is 10.5. The van der Waals surface area contributed by atoms with Gasteiger partial charge in [-0.25, -0.2) is 4.79 Å². The number of methoxy groups -OCH3 is 2. The van der Waals surface area contributed by atoms with Gasteiger partial charge in [0.15, 0.2) is 6.61 Å². The van der Waals surface area contributed by atoms with E-state index in [-0.39, 0.29) is 5.91 Å². The van der Waals surface area contributed by atoms with E-state index < -0.39 is 24.3 Å². The van der Waals surface area contributed by atoms with E-state index in [2.05, 4.69) is 0 Å². The maximum Gasteiger partial charge on any atom is 0.416 e. The van der Waals surface area contributed by atoms with Crippen LogP contribution < -0.4 is 14.4 Å². The second kappa shape index (κ2) is 11.0. The molecule has 3 rings (SSSR count). The molecule has 0 radical (unpaired) electrons. The number of amides is 1. The summed E-state index contributed by atoms with van der Waals surface area (Å²) in [7, 11) is 3.03. The number of nitrogens with zero attached hydrogens (tertiary/aromatic N) is 2. The largest absolute Gasteiger partial charge is 0.497 e. The average Bonchev–Trinajstić information content (AvgIpc) is 2.85. The molecular formula is C24H25F3N2O5. The number of carbonyl (C=O) groups excluding carboxylic acids is 2. The molecule has 2 aromatic carbocycles. The standard InChI is InChI=1S/C24H25F3N2O5/c1-32-20-8-6-17(21(15-20)33-2)7-9-23(31)34-16-22(30)29-12-10-28(11-13-29)19-5-3-4-18(14-19)24(25,26)27/h3-9,14-15H,10-13,16H2,1-2H3/b9-7+. The monoisotopic (exact) mass is 478 g/mol. The molecule has 1 saturated heterocycles. The number of piperazine rings is 1. The molecule has 1 amide bonds. The summed E-state index contributed by atoms with van der Waals surface area (Å²) in [6, 6.07) is 10.2. The van der Waals surface area contributed by atoms with Gasteiger partial charge in [0.2, 0.25) is 0 Å². The molecule has 182 valence electrons. The highest BCUT2D eigenvalue weighted by Gasteiger charge is 2.31. The first kappa shape index (κ1) is 24.9. The minimum Gasteiger partial charge on any atom is -0.497 e. The Kier molecular flexibility index (Phi) is 8.04. The quantitative estimate of drug-likeness (QED) is 0.447. The molecule has 34 heavy (non-hydrogen) atoms. The van der Waals surface area contributed by atoms with Crippen molar-refractivity contribution in [3.63, 3.8) is 0 Å². The third kappa shape index (κ3) is 6.43. The van der Waals surface area contributed by atoms with Crippen molar-refractivity contribution >= 4 is 23.6 Å². The minimum absolute atomic E-state index is 0.311. The number of anilines is 1. The third-order valence-corrected chi connectivity index (χ3v) is 5.35. The van der Waals surface area contributed by atoms with Gasteiger partial charge in [-0.1, -0.05) is 6.07 Å². The van der Waals surface area contributed by atoms with Crippen molar-refractivity contribution in [1.29, 1.82) is 0 Å². The van der Waals surface area contributed by atoms with Crippen molar-refractivity contribution in [3.8, 4) is 11.5 Å². The number of alkyl halides is 3. The number of hydrogen-bond donors (Lipinski definition) is 0. The van der Waals surface area contributed by atoms with E-state index in [9.17, 15) is 22.8 Å². The molecule has 0 aliphatic carbocycles. The Bertz CT molecular complexity index is 1050. The maximum absolute atomic E-state index is 12.9. The minimum atomic E-state index is -4.41. The van der Waals surface area contributed by atoms with Crippen molar-refractivity contribution in [2.24, 2.45) is 0 Å². The van der Waals surface area contributed by atoms with Gasteiger partial charge in [0.05, 0.1) is 19.8 Å². The van der Waals surface area contributed by atoms with E-state index >= 15 is 0 Å². The Morgan fingerprint density at radius 1 is 1.00 bits per heavy atom. The van der Waals surface area contributed by atoms with Crippen LogP contribution in [-0.2, 0) is 20.5 Å². The van der Waals surface area contributed by atoms with Gasteiger partial charge < -0.3 is 24.0 Å². The predicted octanol–water partition coefficient (Wildman–Crippen LogP) is 3.63.